The van der Waals surface area contributed by atoms with Crippen molar-refractivity contribution >= 4 is 28.3 Å². The Morgan fingerprint density at radius 3 is 2.70 bits per heavy atom. The van der Waals surface area contributed by atoms with Crippen LogP contribution >= 0.6 is 11.6 Å². The van der Waals surface area contributed by atoms with Crippen molar-refractivity contribution in [1.29, 1.82) is 5.26 Å². The highest BCUT2D eigenvalue weighted by Gasteiger charge is 2.18. The fourth-order valence-corrected chi connectivity index (χ4v) is 4.75. The van der Waals surface area contributed by atoms with Gasteiger partial charge in [-0.15, -0.1) is 5.10 Å². The molecule has 6 nitrogen and oxygen atoms in total. The molecule has 168 valence electrons. The van der Waals surface area contributed by atoms with Gasteiger partial charge >= 0.3 is 0 Å². The van der Waals surface area contributed by atoms with Gasteiger partial charge in [0.05, 0.1) is 22.5 Å². The summed E-state index contributed by atoms with van der Waals surface area (Å²) in [7, 11) is 1.80. The molecular weight excluding hydrogens is 439 g/mol. The highest BCUT2D eigenvalue weighted by Crippen LogP contribution is 2.31. The summed E-state index contributed by atoms with van der Waals surface area (Å²) >= 11 is 6.43. The van der Waals surface area contributed by atoms with Crippen molar-refractivity contribution in [3.05, 3.63) is 59.0 Å². The molecule has 0 aliphatic heterocycles. The Labute approximate surface area is 196 Å². The number of nitrogens with zero attached hydrogens (tertiary/aromatic N) is 5. The minimum atomic E-state index is -0.551. The summed E-state index contributed by atoms with van der Waals surface area (Å²) in [6.07, 6.45) is 6.35. The number of rotatable bonds is 5. The van der Waals surface area contributed by atoms with Crippen molar-refractivity contribution < 1.29 is 4.39 Å². The molecule has 2 aromatic heterocycles. The van der Waals surface area contributed by atoms with Gasteiger partial charge in [-0.3, -0.25) is 4.68 Å². The van der Waals surface area contributed by atoms with E-state index in [0.717, 1.165) is 34.6 Å². The summed E-state index contributed by atoms with van der Waals surface area (Å²) in [6, 6.07) is 14.2. The number of aromatic nitrogens is 4. The molecule has 0 radical (unpaired) electrons. The zero-order chi connectivity index (χ0) is 22.9. The molecule has 1 N–H and O–H groups in total. The van der Waals surface area contributed by atoms with Crippen molar-refractivity contribution in [2.24, 2.45) is 13.0 Å². The molecule has 2 aromatic carbocycles. The molecular formula is C25H24ClFN6. The number of anilines is 1. The van der Waals surface area contributed by atoms with Gasteiger partial charge < -0.3 is 5.32 Å². The number of aryl methyl sites for hydroxylation is 1. The Hall–Kier alpha value is -3.37. The van der Waals surface area contributed by atoms with Crippen LogP contribution in [0.3, 0.4) is 0 Å². The van der Waals surface area contributed by atoms with Crippen LogP contribution in [0.4, 0.5) is 10.2 Å². The lowest BCUT2D eigenvalue weighted by Gasteiger charge is -2.21. The van der Waals surface area contributed by atoms with Crippen LogP contribution in [0.15, 0.2) is 42.5 Å². The van der Waals surface area contributed by atoms with Gasteiger partial charge in [0.15, 0.2) is 0 Å². The molecule has 0 spiro atoms. The van der Waals surface area contributed by atoms with E-state index in [1.807, 2.05) is 30.3 Å². The standard InChI is InChI=1S/C25H24ClFN6/c1-32-25(26)20-12-19(9-10-22(20)30-32)33-23(17-7-8-18(14-28)21(27)11-17)13-24(31-33)29-15-16-5-3-2-4-6-16/h7-13,16H,2-6,15H2,1H3,(H,29,31). The van der Waals surface area contributed by atoms with Gasteiger partial charge in [0.1, 0.15) is 22.9 Å². The first kappa shape index (κ1) is 21.5. The van der Waals surface area contributed by atoms with Gasteiger partial charge in [-0.1, -0.05) is 36.9 Å². The van der Waals surface area contributed by atoms with Gasteiger partial charge in [0, 0.05) is 30.6 Å². The summed E-state index contributed by atoms with van der Waals surface area (Å²) in [5, 5.41) is 23.2. The Balaban J connectivity index is 1.56. The minimum absolute atomic E-state index is 0.0176. The molecule has 5 rings (SSSR count). The van der Waals surface area contributed by atoms with Crippen molar-refractivity contribution in [3.63, 3.8) is 0 Å². The SMILES string of the molecule is Cn1nc2ccc(-n3nc(NCC4CCCCC4)cc3-c3ccc(C#N)c(F)c3)cc2c1Cl. The maximum absolute atomic E-state index is 14.4. The second-order valence-electron chi connectivity index (χ2n) is 8.63. The lowest BCUT2D eigenvalue weighted by atomic mass is 9.89. The van der Waals surface area contributed by atoms with Crippen LogP contribution < -0.4 is 5.32 Å². The fraction of sp³-hybridized carbons (Fsp3) is 0.320. The van der Waals surface area contributed by atoms with E-state index in [2.05, 4.69) is 10.4 Å². The molecule has 4 aromatic rings. The van der Waals surface area contributed by atoms with E-state index in [9.17, 15) is 4.39 Å². The van der Waals surface area contributed by atoms with Crippen LogP contribution in [0.1, 0.15) is 37.7 Å². The summed E-state index contributed by atoms with van der Waals surface area (Å²) in [6.45, 7) is 0.867. The molecule has 1 aliphatic rings. The quantitative estimate of drug-likeness (QED) is 0.390. The first-order chi connectivity index (χ1) is 16.0. The van der Waals surface area contributed by atoms with Crippen molar-refractivity contribution in [2.45, 2.75) is 32.1 Å². The van der Waals surface area contributed by atoms with E-state index < -0.39 is 5.82 Å². The molecule has 0 saturated heterocycles. The second kappa shape index (κ2) is 8.87. The summed E-state index contributed by atoms with van der Waals surface area (Å²) < 4.78 is 17.9. The average Bonchev–Trinajstić information content (AvgIpc) is 3.39. The lowest BCUT2D eigenvalue weighted by Crippen LogP contribution is -2.17. The van der Waals surface area contributed by atoms with Gasteiger partial charge in [0.25, 0.3) is 0 Å². The van der Waals surface area contributed by atoms with Crippen LogP contribution in [0.5, 0.6) is 0 Å². The highest BCUT2D eigenvalue weighted by atomic mass is 35.5. The van der Waals surface area contributed by atoms with E-state index in [-0.39, 0.29) is 5.56 Å². The third-order valence-corrected chi connectivity index (χ3v) is 6.83. The largest absolute Gasteiger partial charge is 0.368 e. The number of nitrogens with one attached hydrogen (secondary N) is 1. The Morgan fingerprint density at radius 1 is 1.12 bits per heavy atom. The molecule has 0 atom stereocenters. The number of fused-ring (bicyclic) bond motifs is 1. The Morgan fingerprint density at radius 2 is 1.94 bits per heavy atom. The van der Waals surface area contributed by atoms with Crippen molar-refractivity contribution in [1.82, 2.24) is 19.6 Å². The smallest absolute Gasteiger partial charge is 0.149 e. The molecule has 2 heterocycles. The van der Waals surface area contributed by atoms with E-state index in [1.165, 1.54) is 44.2 Å². The maximum atomic E-state index is 14.4. The predicted octanol–water partition coefficient (Wildman–Crippen LogP) is 6.08. The van der Waals surface area contributed by atoms with E-state index >= 15 is 0 Å². The summed E-state index contributed by atoms with van der Waals surface area (Å²) in [5.74, 6) is 0.827. The first-order valence-corrected chi connectivity index (χ1v) is 11.6. The van der Waals surface area contributed by atoms with Crippen LogP contribution in [0, 0.1) is 23.1 Å². The number of halogens is 2. The van der Waals surface area contributed by atoms with Crippen molar-refractivity contribution in [3.8, 4) is 23.0 Å². The predicted molar refractivity (Wildman–Crippen MR) is 128 cm³/mol. The lowest BCUT2D eigenvalue weighted by molar-refractivity contribution is 0.373. The molecule has 0 unspecified atom stereocenters. The average molecular weight is 463 g/mol. The van der Waals surface area contributed by atoms with E-state index in [4.69, 9.17) is 22.0 Å². The van der Waals surface area contributed by atoms with Gasteiger partial charge in [0.2, 0.25) is 0 Å². The van der Waals surface area contributed by atoms with E-state index in [1.54, 1.807) is 22.5 Å². The summed E-state index contributed by atoms with van der Waals surface area (Å²) in [5.41, 5.74) is 2.97. The topological polar surface area (TPSA) is 71.5 Å². The highest BCUT2D eigenvalue weighted by molar-refractivity contribution is 6.34. The van der Waals surface area contributed by atoms with Gasteiger partial charge in [-0.05, 0) is 49.1 Å². The number of hydrogen-bond acceptors (Lipinski definition) is 4. The maximum Gasteiger partial charge on any atom is 0.149 e. The van der Waals surface area contributed by atoms with Crippen LogP contribution in [-0.2, 0) is 7.05 Å². The number of nitriles is 1. The molecule has 8 heteroatoms. The molecule has 0 bridgehead atoms. The summed E-state index contributed by atoms with van der Waals surface area (Å²) in [4.78, 5) is 0. The van der Waals surface area contributed by atoms with Gasteiger partial charge in [-0.25, -0.2) is 9.07 Å². The fourth-order valence-electron chi connectivity index (χ4n) is 4.56. The normalized spacial score (nSPS) is 14.5. The number of hydrogen-bond donors (Lipinski definition) is 1. The van der Waals surface area contributed by atoms with Crippen LogP contribution in [0.2, 0.25) is 5.15 Å². The third-order valence-electron chi connectivity index (χ3n) is 6.38. The molecule has 1 saturated carbocycles. The number of benzene rings is 2. The molecule has 1 aliphatic carbocycles. The van der Waals surface area contributed by atoms with Crippen LogP contribution in [-0.4, -0.2) is 26.1 Å². The first-order valence-electron chi connectivity index (χ1n) is 11.2. The monoisotopic (exact) mass is 462 g/mol. The molecule has 1 fully saturated rings. The van der Waals surface area contributed by atoms with Crippen molar-refractivity contribution in [2.75, 3.05) is 11.9 Å². The zero-order valence-corrected chi connectivity index (χ0v) is 19.1. The van der Waals surface area contributed by atoms with E-state index in [0.29, 0.717) is 16.6 Å². The second-order valence-corrected chi connectivity index (χ2v) is 8.99. The third kappa shape index (κ3) is 4.19. The van der Waals surface area contributed by atoms with Crippen LogP contribution in [0.25, 0.3) is 27.8 Å². The molecule has 33 heavy (non-hydrogen) atoms. The molecule has 0 amide bonds. The Kier molecular flexibility index (Phi) is 5.77. The zero-order valence-electron chi connectivity index (χ0n) is 18.4. The minimum Gasteiger partial charge on any atom is -0.368 e. The van der Waals surface area contributed by atoms with Gasteiger partial charge in [-0.2, -0.15) is 10.4 Å². The Bertz CT molecular complexity index is 1360.